The van der Waals surface area contributed by atoms with Crippen LogP contribution in [-0.4, -0.2) is 91.3 Å². The van der Waals surface area contributed by atoms with Gasteiger partial charge in [-0.25, -0.2) is 18.4 Å². The number of morpholine rings is 1. The highest BCUT2D eigenvalue weighted by Gasteiger charge is 2.25. The van der Waals surface area contributed by atoms with Crippen molar-refractivity contribution in [2.24, 2.45) is 0 Å². The second-order valence-corrected chi connectivity index (χ2v) is 11.7. The van der Waals surface area contributed by atoms with Crippen LogP contribution in [0.25, 0.3) is 21.6 Å². The van der Waals surface area contributed by atoms with Crippen LogP contribution in [0, 0.1) is 6.92 Å². The van der Waals surface area contributed by atoms with Gasteiger partial charge in [-0.2, -0.15) is 4.31 Å². The van der Waals surface area contributed by atoms with Gasteiger partial charge in [0.1, 0.15) is 0 Å². The molecule has 0 radical (unpaired) electrons. The van der Waals surface area contributed by atoms with E-state index in [1.54, 1.807) is 15.6 Å². The summed E-state index contributed by atoms with van der Waals surface area (Å²) in [7, 11) is -3.12. The Bertz CT molecular complexity index is 1250. The van der Waals surface area contributed by atoms with Gasteiger partial charge in [-0.15, -0.1) is 11.3 Å². The Morgan fingerprint density at radius 1 is 1.03 bits per heavy atom. The maximum absolute atomic E-state index is 11.8. The Morgan fingerprint density at radius 2 is 1.79 bits per heavy atom. The Kier molecular flexibility index (Phi) is 6.32. The van der Waals surface area contributed by atoms with Gasteiger partial charge < -0.3 is 9.64 Å². The summed E-state index contributed by atoms with van der Waals surface area (Å²) < 4.78 is 31.8. The minimum absolute atomic E-state index is 0.535. The van der Waals surface area contributed by atoms with E-state index in [-0.39, 0.29) is 0 Å². The van der Waals surface area contributed by atoms with E-state index in [0.29, 0.717) is 32.1 Å². The highest BCUT2D eigenvalue weighted by Crippen LogP contribution is 2.35. The third kappa shape index (κ3) is 5.02. The molecule has 176 valence electrons. The van der Waals surface area contributed by atoms with Crippen molar-refractivity contribution < 1.29 is 13.2 Å². The lowest BCUT2D eigenvalue weighted by atomic mass is 10.2. The molecular weight excluding hydrogens is 460 g/mol. The Morgan fingerprint density at radius 3 is 2.48 bits per heavy atom. The van der Waals surface area contributed by atoms with Crippen molar-refractivity contribution >= 4 is 37.4 Å². The number of thiophene rings is 1. The molecular formula is C22H28N6O3S2. The first kappa shape index (κ1) is 22.6. The van der Waals surface area contributed by atoms with E-state index in [1.807, 2.05) is 19.3 Å². The molecule has 0 aliphatic carbocycles. The van der Waals surface area contributed by atoms with Crippen molar-refractivity contribution in [3.63, 3.8) is 0 Å². The predicted molar refractivity (Wildman–Crippen MR) is 130 cm³/mol. The number of anilines is 1. The zero-order valence-electron chi connectivity index (χ0n) is 18.9. The monoisotopic (exact) mass is 488 g/mol. The molecule has 11 heteroatoms. The molecule has 2 aliphatic rings. The van der Waals surface area contributed by atoms with Crippen molar-refractivity contribution in [2.45, 2.75) is 13.5 Å². The fourth-order valence-electron chi connectivity index (χ4n) is 4.28. The number of pyridine rings is 1. The van der Waals surface area contributed by atoms with E-state index in [0.717, 1.165) is 59.9 Å². The summed E-state index contributed by atoms with van der Waals surface area (Å²) in [5, 5.41) is 0. The number of nitrogens with zero attached hydrogens (tertiary/aromatic N) is 6. The Hall–Kier alpha value is -2.18. The lowest BCUT2D eigenvalue weighted by molar-refractivity contribution is 0.122. The Labute approximate surface area is 198 Å². The average molecular weight is 489 g/mol. The minimum Gasteiger partial charge on any atom is -0.378 e. The van der Waals surface area contributed by atoms with Gasteiger partial charge in [0.15, 0.2) is 11.6 Å². The average Bonchev–Trinajstić information content (AvgIpc) is 3.21. The lowest BCUT2D eigenvalue weighted by Gasteiger charge is -2.32. The first-order chi connectivity index (χ1) is 15.9. The van der Waals surface area contributed by atoms with E-state index in [9.17, 15) is 8.42 Å². The molecule has 2 saturated heterocycles. The number of aryl methyl sites for hydroxylation is 1. The quantitative estimate of drug-likeness (QED) is 0.538. The Balaban J connectivity index is 1.45. The molecule has 5 heterocycles. The van der Waals surface area contributed by atoms with Gasteiger partial charge in [-0.05, 0) is 24.6 Å². The highest BCUT2D eigenvalue weighted by molar-refractivity contribution is 7.88. The molecule has 0 spiro atoms. The van der Waals surface area contributed by atoms with Crippen molar-refractivity contribution in [1.29, 1.82) is 0 Å². The van der Waals surface area contributed by atoms with Gasteiger partial charge in [-0.3, -0.25) is 9.88 Å². The van der Waals surface area contributed by atoms with Crippen LogP contribution in [0.2, 0.25) is 0 Å². The SMILES string of the molecule is Cc1cncc(-c2nc(N3CCOCC3)c3sc(CN4CCN(S(C)(=O)=O)CC4)cc3n2)c1. The van der Waals surface area contributed by atoms with Gasteiger partial charge in [0.2, 0.25) is 10.0 Å². The number of hydrogen-bond acceptors (Lipinski definition) is 9. The van der Waals surface area contributed by atoms with Gasteiger partial charge in [0.05, 0.1) is 29.7 Å². The second kappa shape index (κ2) is 9.22. The van der Waals surface area contributed by atoms with Crippen LogP contribution < -0.4 is 4.90 Å². The van der Waals surface area contributed by atoms with E-state index >= 15 is 0 Å². The molecule has 0 amide bonds. The molecule has 2 aliphatic heterocycles. The molecule has 0 saturated carbocycles. The first-order valence-electron chi connectivity index (χ1n) is 11.1. The number of piperazine rings is 1. The summed E-state index contributed by atoms with van der Waals surface area (Å²) in [6, 6.07) is 4.22. The number of aromatic nitrogens is 3. The molecule has 3 aromatic rings. The number of sulfonamides is 1. The molecule has 0 N–H and O–H groups in total. The summed E-state index contributed by atoms with van der Waals surface area (Å²) in [6.45, 7) is 8.31. The molecule has 3 aromatic heterocycles. The molecule has 0 bridgehead atoms. The first-order valence-corrected chi connectivity index (χ1v) is 13.8. The summed E-state index contributed by atoms with van der Waals surface area (Å²) in [5.74, 6) is 1.64. The van der Waals surface area contributed by atoms with Crippen LogP contribution in [0.1, 0.15) is 10.4 Å². The number of ether oxygens (including phenoxy) is 1. The maximum Gasteiger partial charge on any atom is 0.211 e. The number of hydrogen-bond donors (Lipinski definition) is 0. The molecule has 0 unspecified atom stereocenters. The molecule has 9 nitrogen and oxygen atoms in total. The summed E-state index contributed by atoms with van der Waals surface area (Å²) in [6.07, 6.45) is 4.92. The van der Waals surface area contributed by atoms with Crippen LogP contribution in [-0.2, 0) is 21.3 Å². The predicted octanol–water partition coefficient (Wildman–Crippen LogP) is 1.98. The highest BCUT2D eigenvalue weighted by atomic mass is 32.2. The summed E-state index contributed by atoms with van der Waals surface area (Å²) >= 11 is 1.73. The zero-order chi connectivity index (χ0) is 23.0. The number of fused-ring (bicyclic) bond motifs is 1. The lowest BCUT2D eigenvalue weighted by Crippen LogP contribution is -2.47. The van der Waals surface area contributed by atoms with Gasteiger partial charge in [0.25, 0.3) is 0 Å². The third-order valence-electron chi connectivity index (χ3n) is 6.03. The summed E-state index contributed by atoms with van der Waals surface area (Å²) in [4.78, 5) is 20.0. The van der Waals surface area contributed by atoms with Crippen LogP contribution in [0.3, 0.4) is 0 Å². The topological polar surface area (TPSA) is 91.8 Å². The van der Waals surface area contributed by atoms with Crippen LogP contribution in [0.5, 0.6) is 0 Å². The number of rotatable bonds is 5. The van der Waals surface area contributed by atoms with Crippen LogP contribution in [0.15, 0.2) is 24.5 Å². The largest absolute Gasteiger partial charge is 0.378 e. The smallest absolute Gasteiger partial charge is 0.211 e. The van der Waals surface area contributed by atoms with E-state index < -0.39 is 10.0 Å². The zero-order valence-corrected chi connectivity index (χ0v) is 20.5. The van der Waals surface area contributed by atoms with E-state index in [2.05, 4.69) is 26.9 Å². The fourth-order valence-corrected chi connectivity index (χ4v) is 6.26. The maximum atomic E-state index is 11.8. The van der Waals surface area contributed by atoms with Crippen molar-refractivity contribution in [3.8, 4) is 11.4 Å². The van der Waals surface area contributed by atoms with E-state index in [4.69, 9.17) is 14.7 Å². The molecule has 2 fully saturated rings. The van der Waals surface area contributed by atoms with Gasteiger partial charge in [0, 0.05) is 68.6 Å². The molecule has 0 atom stereocenters. The fraction of sp³-hybridized carbons (Fsp3) is 0.500. The van der Waals surface area contributed by atoms with Gasteiger partial charge in [-0.1, -0.05) is 0 Å². The minimum atomic E-state index is -3.12. The van der Waals surface area contributed by atoms with Crippen molar-refractivity contribution in [2.75, 3.05) is 63.6 Å². The van der Waals surface area contributed by atoms with E-state index in [1.165, 1.54) is 11.1 Å². The summed E-state index contributed by atoms with van der Waals surface area (Å²) in [5.41, 5.74) is 2.93. The standard InChI is InChI=1S/C22H28N6O3S2/c1-16-11-17(14-23-13-16)21-24-19-12-18(15-26-3-5-28(6-4-26)33(2,29)30)32-20(19)22(25-21)27-7-9-31-10-8-27/h11-14H,3-10,15H2,1-2H3. The molecule has 5 rings (SSSR count). The van der Waals surface area contributed by atoms with Crippen molar-refractivity contribution in [1.82, 2.24) is 24.2 Å². The second-order valence-electron chi connectivity index (χ2n) is 8.59. The van der Waals surface area contributed by atoms with Crippen molar-refractivity contribution in [3.05, 3.63) is 35.0 Å². The van der Waals surface area contributed by atoms with Gasteiger partial charge >= 0.3 is 0 Å². The molecule has 33 heavy (non-hydrogen) atoms. The van der Waals surface area contributed by atoms with Crippen LogP contribution >= 0.6 is 11.3 Å². The van der Waals surface area contributed by atoms with Crippen LogP contribution in [0.4, 0.5) is 5.82 Å². The molecule has 0 aromatic carbocycles. The third-order valence-corrected chi connectivity index (χ3v) is 8.44. The normalized spacial score (nSPS) is 18.8.